The number of hydrogen-bond acceptors (Lipinski definition) is 2. The van der Waals surface area contributed by atoms with E-state index in [9.17, 15) is 4.79 Å². The Labute approximate surface area is 193 Å². The smallest absolute Gasteiger partial charge is 0.328 e. The molecule has 0 radical (unpaired) electrons. The van der Waals surface area contributed by atoms with E-state index in [0.29, 0.717) is 5.92 Å². The largest absolute Gasteiger partial charge is 0.478 e. The molecule has 4 aromatic rings. The minimum Gasteiger partial charge on any atom is -0.478 e. The van der Waals surface area contributed by atoms with Crippen molar-refractivity contribution in [2.45, 2.75) is 19.3 Å². The molecule has 0 amide bonds. The fourth-order valence-electron chi connectivity index (χ4n) is 4.62. The third kappa shape index (κ3) is 4.24. The van der Waals surface area contributed by atoms with E-state index in [1.807, 2.05) is 30.1 Å². The van der Waals surface area contributed by atoms with Crippen LogP contribution in [0.3, 0.4) is 0 Å². The van der Waals surface area contributed by atoms with Crippen molar-refractivity contribution in [1.29, 1.82) is 0 Å². The number of aryl methyl sites for hydroxylation is 1. The van der Waals surface area contributed by atoms with E-state index in [2.05, 4.69) is 65.8 Å². The highest BCUT2D eigenvalue weighted by atomic mass is 16.4. The first-order valence-corrected chi connectivity index (χ1v) is 11.3. The van der Waals surface area contributed by atoms with Crippen LogP contribution in [0.5, 0.6) is 0 Å². The summed E-state index contributed by atoms with van der Waals surface area (Å²) in [6, 6.07) is 25.4. The number of fused-ring (bicyclic) bond motifs is 1. The fourth-order valence-corrected chi connectivity index (χ4v) is 4.62. The van der Waals surface area contributed by atoms with Gasteiger partial charge in [0.25, 0.3) is 0 Å². The Morgan fingerprint density at radius 1 is 0.970 bits per heavy atom. The average Bonchev–Trinajstić information content (AvgIpc) is 3.17. The normalized spacial score (nSPS) is 14.9. The van der Waals surface area contributed by atoms with Crippen molar-refractivity contribution in [3.05, 3.63) is 107 Å². The van der Waals surface area contributed by atoms with Crippen LogP contribution >= 0.6 is 0 Å². The molecule has 5 rings (SSSR count). The van der Waals surface area contributed by atoms with Gasteiger partial charge in [0.15, 0.2) is 0 Å². The predicted molar refractivity (Wildman–Crippen MR) is 134 cm³/mol. The molecule has 1 heterocycles. The van der Waals surface area contributed by atoms with Gasteiger partial charge in [0.1, 0.15) is 0 Å². The summed E-state index contributed by atoms with van der Waals surface area (Å²) in [5, 5.41) is 14.5. The van der Waals surface area contributed by atoms with E-state index >= 15 is 0 Å². The first-order valence-electron chi connectivity index (χ1n) is 11.3. The molecule has 4 nitrogen and oxygen atoms in total. The Morgan fingerprint density at radius 3 is 2.36 bits per heavy atom. The van der Waals surface area contributed by atoms with Crippen LogP contribution in [0.25, 0.3) is 28.1 Å². The minimum atomic E-state index is -0.944. The number of aliphatic carboxylic acids is 1. The second-order valence-electron chi connectivity index (χ2n) is 8.62. The topological polar surface area (TPSA) is 55.1 Å². The third-order valence-electron chi connectivity index (χ3n) is 6.52. The van der Waals surface area contributed by atoms with Crippen molar-refractivity contribution in [1.82, 2.24) is 9.78 Å². The second kappa shape index (κ2) is 8.91. The van der Waals surface area contributed by atoms with Crippen LogP contribution in [0.15, 0.2) is 85.1 Å². The standard InChI is InChI=1S/C29H26N2O2/c1-31-26-16-15-24(18-25(26)19-30-31)29(23-13-10-20(11-14-23)12-17-27(32)33)28(22-8-5-9-22)21-6-3-2-4-7-21/h2-4,6-7,10-19,22H,5,8-9H2,1H3,(H,32,33). The first-order chi connectivity index (χ1) is 16.1. The quantitative estimate of drug-likeness (QED) is 0.281. The lowest BCUT2D eigenvalue weighted by molar-refractivity contribution is -0.131. The number of aromatic nitrogens is 2. The van der Waals surface area contributed by atoms with E-state index in [0.717, 1.165) is 22.0 Å². The summed E-state index contributed by atoms with van der Waals surface area (Å²) in [5.41, 5.74) is 8.18. The van der Waals surface area contributed by atoms with Crippen molar-refractivity contribution in [2.75, 3.05) is 0 Å². The molecule has 3 aromatic carbocycles. The molecule has 1 aliphatic rings. The van der Waals surface area contributed by atoms with Crippen LogP contribution < -0.4 is 0 Å². The number of benzene rings is 3. The van der Waals surface area contributed by atoms with Gasteiger partial charge in [0.05, 0.1) is 11.7 Å². The predicted octanol–water partition coefficient (Wildman–Crippen LogP) is 6.43. The number of hydrogen-bond donors (Lipinski definition) is 1. The van der Waals surface area contributed by atoms with E-state index in [1.54, 1.807) is 6.08 Å². The molecule has 0 atom stereocenters. The highest BCUT2D eigenvalue weighted by Crippen LogP contribution is 2.45. The van der Waals surface area contributed by atoms with Gasteiger partial charge in [0.2, 0.25) is 0 Å². The van der Waals surface area contributed by atoms with Gasteiger partial charge in [0, 0.05) is 18.5 Å². The Hall–Kier alpha value is -3.92. The molecule has 1 N–H and O–H groups in total. The lowest BCUT2D eigenvalue weighted by Gasteiger charge is -2.31. The number of carboxylic acids is 1. The molecule has 164 valence electrons. The Kier molecular flexibility index (Phi) is 5.66. The zero-order valence-electron chi connectivity index (χ0n) is 18.6. The van der Waals surface area contributed by atoms with Crippen LogP contribution in [0.4, 0.5) is 0 Å². The monoisotopic (exact) mass is 434 g/mol. The van der Waals surface area contributed by atoms with E-state index < -0.39 is 5.97 Å². The first kappa shape index (κ1) is 21.0. The van der Waals surface area contributed by atoms with Crippen LogP contribution in [-0.4, -0.2) is 20.9 Å². The van der Waals surface area contributed by atoms with Crippen molar-refractivity contribution >= 4 is 34.1 Å². The molecule has 0 aliphatic heterocycles. The van der Waals surface area contributed by atoms with Crippen LogP contribution in [0, 0.1) is 5.92 Å². The Morgan fingerprint density at radius 2 is 1.70 bits per heavy atom. The van der Waals surface area contributed by atoms with Crippen molar-refractivity contribution in [3.63, 3.8) is 0 Å². The third-order valence-corrected chi connectivity index (χ3v) is 6.52. The molecule has 4 heteroatoms. The van der Waals surface area contributed by atoms with Gasteiger partial charge in [-0.15, -0.1) is 0 Å². The SMILES string of the molecule is Cn1ncc2cc(C(=C(c3ccccc3)C3CCC3)c3ccc(C=CC(=O)O)cc3)ccc21. The summed E-state index contributed by atoms with van der Waals surface area (Å²) in [6.45, 7) is 0. The van der Waals surface area contributed by atoms with Crippen LogP contribution in [0.1, 0.15) is 41.5 Å². The molecule has 0 saturated heterocycles. The molecule has 0 spiro atoms. The Bertz CT molecular complexity index is 1360. The molecule has 0 bridgehead atoms. The minimum absolute atomic E-state index is 0.526. The summed E-state index contributed by atoms with van der Waals surface area (Å²) >= 11 is 0. The number of allylic oxidation sites excluding steroid dienone is 1. The molecule has 1 aliphatic carbocycles. The molecule has 1 fully saturated rings. The maximum absolute atomic E-state index is 10.9. The summed E-state index contributed by atoms with van der Waals surface area (Å²) < 4.78 is 1.90. The van der Waals surface area contributed by atoms with Crippen molar-refractivity contribution < 1.29 is 9.90 Å². The van der Waals surface area contributed by atoms with Gasteiger partial charge in [-0.25, -0.2) is 4.79 Å². The van der Waals surface area contributed by atoms with E-state index in [1.165, 1.54) is 47.6 Å². The fraction of sp³-hybridized carbons (Fsp3) is 0.172. The van der Waals surface area contributed by atoms with Crippen molar-refractivity contribution in [2.24, 2.45) is 13.0 Å². The highest BCUT2D eigenvalue weighted by Gasteiger charge is 2.27. The molecule has 33 heavy (non-hydrogen) atoms. The molecule has 1 aromatic heterocycles. The summed E-state index contributed by atoms with van der Waals surface area (Å²) in [5.74, 6) is -0.417. The van der Waals surface area contributed by atoms with Crippen LogP contribution in [0.2, 0.25) is 0 Å². The highest BCUT2D eigenvalue weighted by molar-refractivity contribution is 6.01. The summed E-state index contributed by atoms with van der Waals surface area (Å²) in [7, 11) is 1.96. The molecule has 0 unspecified atom stereocenters. The number of rotatable bonds is 6. The van der Waals surface area contributed by atoms with E-state index in [4.69, 9.17) is 5.11 Å². The Balaban J connectivity index is 1.72. The van der Waals surface area contributed by atoms with E-state index in [-0.39, 0.29) is 0 Å². The molecule has 1 saturated carbocycles. The summed E-state index contributed by atoms with van der Waals surface area (Å²) in [4.78, 5) is 10.9. The summed E-state index contributed by atoms with van der Waals surface area (Å²) in [6.07, 6.45) is 8.37. The molecular formula is C29H26N2O2. The van der Waals surface area contributed by atoms with Gasteiger partial charge in [-0.1, -0.05) is 67.1 Å². The van der Waals surface area contributed by atoms with Gasteiger partial charge < -0.3 is 5.11 Å². The maximum atomic E-state index is 10.9. The zero-order valence-corrected chi connectivity index (χ0v) is 18.6. The van der Waals surface area contributed by atoms with Gasteiger partial charge in [-0.05, 0) is 70.4 Å². The maximum Gasteiger partial charge on any atom is 0.328 e. The van der Waals surface area contributed by atoms with Crippen LogP contribution in [-0.2, 0) is 11.8 Å². The number of carbonyl (C=O) groups is 1. The van der Waals surface area contributed by atoms with Crippen molar-refractivity contribution in [3.8, 4) is 0 Å². The zero-order chi connectivity index (χ0) is 22.8. The second-order valence-corrected chi connectivity index (χ2v) is 8.62. The lowest BCUT2D eigenvalue weighted by Crippen LogP contribution is -2.15. The lowest BCUT2D eigenvalue weighted by atomic mass is 9.73. The molecular weight excluding hydrogens is 408 g/mol. The van der Waals surface area contributed by atoms with Gasteiger partial charge in [-0.2, -0.15) is 5.10 Å². The number of carboxylic acid groups (broad SMARTS) is 1. The van der Waals surface area contributed by atoms with Gasteiger partial charge in [-0.3, -0.25) is 4.68 Å². The van der Waals surface area contributed by atoms with Gasteiger partial charge >= 0.3 is 5.97 Å². The average molecular weight is 435 g/mol. The number of nitrogens with zero attached hydrogens (tertiary/aromatic N) is 2.